The third-order valence-electron chi connectivity index (χ3n) is 8.95. The highest BCUT2D eigenvalue weighted by Gasteiger charge is 2.39. The number of aromatic hydroxyl groups is 1. The maximum atomic E-state index is 14.1. The van der Waals surface area contributed by atoms with E-state index in [2.05, 4.69) is 31.6 Å². The summed E-state index contributed by atoms with van der Waals surface area (Å²) < 4.78 is 5.90. The topological polar surface area (TPSA) is 306 Å². The van der Waals surface area contributed by atoms with Crippen LogP contribution in [0.15, 0.2) is 29.3 Å². The Balaban J connectivity index is 2.40. The van der Waals surface area contributed by atoms with Crippen LogP contribution < -0.4 is 43.8 Å². The second kappa shape index (κ2) is 23.3. The number of guanidine groups is 1. The Morgan fingerprint density at radius 3 is 2.07 bits per heavy atom. The first-order valence-corrected chi connectivity index (χ1v) is 19.4. The number of aliphatic hydroxyl groups excluding tert-OH is 1. The number of hydrogen-bond donors (Lipinski definition) is 10. The van der Waals surface area contributed by atoms with Crippen LogP contribution in [0.3, 0.4) is 0 Å². The number of benzene rings is 1. The smallest absolute Gasteiger partial charge is 0.245 e. The molecular formula is C38H64N10O9. The first-order valence-electron chi connectivity index (χ1n) is 19.4. The van der Waals surface area contributed by atoms with E-state index >= 15 is 0 Å². The monoisotopic (exact) mass is 804 g/mol. The van der Waals surface area contributed by atoms with Crippen LogP contribution in [0.1, 0.15) is 79.2 Å². The highest BCUT2D eigenvalue weighted by atomic mass is 16.5. The van der Waals surface area contributed by atoms with Crippen LogP contribution >= 0.6 is 0 Å². The lowest BCUT2D eigenvalue weighted by atomic mass is 10.0. The van der Waals surface area contributed by atoms with E-state index in [1.54, 1.807) is 39.8 Å². The van der Waals surface area contributed by atoms with Gasteiger partial charge in [-0.05, 0) is 83.4 Å². The van der Waals surface area contributed by atoms with E-state index in [0.717, 1.165) is 0 Å². The van der Waals surface area contributed by atoms with Crippen LogP contribution in [-0.4, -0.2) is 131 Å². The second-order valence-corrected chi connectivity index (χ2v) is 15.5. The molecule has 1 aliphatic heterocycles. The van der Waals surface area contributed by atoms with Crippen molar-refractivity contribution in [3.63, 3.8) is 0 Å². The van der Waals surface area contributed by atoms with Gasteiger partial charge in [0.05, 0.1) is 18.8 Å². The Morgan fingerprint density at radius 2 is 1.49 bits per heavy atom. The number of ether oxygens (including phenoxy) is 1. The molecule has 1 fully saturated rings. The lowest BCUT2D eigenvalue weighted by Gasteiger charge is -2.31. The highest BCUT2D eigenvalue weighted by Crippen LogP contribution is 2.20. The number of aliphatic imine (C=N–C) groups is 1. The van der Waals surface area contributed by atoms with Gasteiger partial charge in [-0.3, -0.25) is 33.8 Å². The van der Waals surface area contributed by atoms with Gasteiger partial charge in [-0.15, -0.1) is 0 Å². The third kappa shape index (κ3) is 16.9. The number of nitrogens with two attached hydrogens (primary N) is 3. The molecule has 0 saturated carbocycles. The Morgan fingerprint density at radius 1 is 0.912 bits per heavy atom. The van der Waals surface area contributed by atoms with Crippen molar-refractivity contribution < 1.29 is 43.7 Å². The number of carbonyl (C=O) groups excluding carboxylic acids is 6. The number of phenolic OH excluding ortho intramolecular Hbond substituents is 1. The van der Waals surface area contributed by atoms with Crippen molar-refractivity contribution in [1.82, 2.24) is 31.5 Å². The minimum Gasteiger partial charge on any atom is -0.508 e. The predicted octanol–water partition coefficient (Wildman–Crippen LogP) is -1.76. The van der Waals surface area contributed by atoms with Gasteiger partial charge in [0.1, 0.15) is 42.0 Å². The summed E-state index contributed by atoms with van der Waals surface area (Å²) in [6.45, 7) is 10.6. The second-order valence-electron chi connectivity index (χ2n) is 15.5. The average molecular weight is 805 g/mol. The molecule has 6 atom stereocenters. The van der Waals surface area contributed by atoms with Gasteiger partial charge < -0.3 is 63.6 Å². The number of rotatable bonds is 22. The highest BCUT2D eigenvalue weighted by molar-refractivity contribution is 5.97. The van der Waals surface area contributed by atoms with Gasteiger partial charge in [0.2, 0.25) is 35.4 Å². The number of amides is 6. The number of nitrogens with zero attached hydrogens (tertiary/aromatic N) is 2. The van der Waals surface area contributed by atoms with Gasteiger partial charge in [-0.2, -0.15) is 0 Å². The zero-order valence-corrected chi connectivity index (χ0v) is 34.0. The molecule has 0 aromatic heterocycles. The summed E-state index contributed by atoms with van der Waals surface area (Å²) in [5, 5.41) is 32.6. The van der Waals surface area contributed by atoms with Crippen LogP contribution in [0.5, 0.6) is 5.75 Å². The molecule has 57 heavy (non-hydrogen) atoms. The molecule has 1 aromatic carbocycles. The van der Waals surface area contributed by atoms with Crippen LogP contribution in [0.4, 0.5) is 0 Å². The predicted molar refractivity (Wildman–Crippen MR) is 213 cm³/mol. The molecule has 0 bridgehead atoms. The third-order valence-corrected chi connectivity index (χ3v) is 8.95. The van der Waals surface area contributed by atoms with Crippen molar-refractivity contribution in [2.24, 2.45) is 28.1 Å². The summed E-state index contributed by atoms with van der Waals surface area (Å²) in [7, 11) is 0. The van der Waals surface area contributed by atoms with Crippen molar-refractivity contribution in [2.45, 2.75) is 122 Å². The van der Waals surface area contributed by atoms with Gasteiger partial charge in [0, 0.05) is 26.1 Å². The molecule has 320 valence electrons. The summed E-state index contributed by atoms with van der Waals surface area (Å²) in [5.41, 5.74) is 16.5. The number of likely N-dealkylation sites (N-methyl/N-ethyl adjacent to an activating group) is 1. The lowest BCUT2D eigenvalue weighted by molar-refractivity contribution is -0.142. The molecule has 1 aliphatic rings. The van der Waals surface area contributed by atoms with Gasteiger partial charge in [0.15, 0.2) is 5.96 Å². The van der Waals surface area contributed by atoms with Crippen LogP contribution in [0, 0.1) is 5.92 Å². The molecule has 19 nitrogen and oxygen atoms in total. The number of carbonyl (C=O) groups is 6. The fraction of sp³-hybridized carbons (Fsp3) is 0.658. The maximum absolute atomic E-state index is 14.1. The van der Waals surface area contributed by atoms with Crippen LogP contribution in [0.25, 0.3) is 0 Å². The molecule has 0 spiro atoms. The summed E-state index contributed by atoms with van der Waals surface area (Å²) in [6, 6.07) is -1.00. The van der Waals surface area contributed by atoms with Crippen molar-refractivity contribution in [3.05, 3.63) is 29.8 Å². The van der Waals surface area contributed by atoms with Gasteiger partial charge in [0.25, 0.3) is 0 Å². The lowest BCUT2D eigenvalue weighted by Crippen LogP contribution is -2.61. The number of likely N-dealkylation sites (tertiary alicyclic amines) is 1. The number of phenols is 1. The SMILES string of the molecule is CCNC(=O)[C@@H]1CCCN1C(=O)[C@H](CCCN=C(N)N)NC(=O)[C@H](CC(C)C)NC(=O)[C@@H](COC(C)(C)C)NC(=O)[C@H](Cc1ccc(O)cc1)NC(=O)[C@@H](N)CO. The molecule has 13 N–H and O–H groups in total. The molecule has 2 rings (SSSR count). The van der Waals surface area contributed by atoms with E-state index in [4.69, 9.17) is 21.9 Å². The standard InChI is InChI=1S/C38H64N10O9/c1-7-42-35(55)30-11-9-17-48(30)36(56)26(10-8-16-43-37(40)41)44-32(52)27(18-22(2)3)46-34(54)29(21-57-38(4,5)6)47-33(53)28(45-31(51)25(39)20-49)19-23-12-14-24(50)15-13-23/h12-15,22,25-30,49-50H,7-11,16-21,39H2,1-6H3,(H,42,55)(H,44,52)(H,45,51)(H,46,54)(H,47,53)(H4,40,41,43)/t25-,26-,27-,28-,29+,30-/m0/s1. The van der Waals surface area contributed by atoms with Crippen molar-refractivity contribution in [3.8, 4) is 5.75 Å². The zero-order chi connectivity index (χ0) is 42.9. The van der Waals surface area contributed by atoms with Gasteiger partial charge >= 0.3 is 0 Å². The quantitative estimate of drug-likeness (QED) is 0.0354. The minimum atomic E-state index is -1.37. The van der Waals surface area contributed by atoms with Crippen molar-refractivity contribution in [1.29, 1.82) is 0 Å². The van der Waals surface area contributed by atoms with E-state index < -0.39 is 78.0 Å². The number of aliphatic hydroxyl groups is 1. The Bertz CT molecular complexity index is 1530. The fourth-order valence-corrected chi connectivity index (χ4v) is 6.03. The first kappa shape index (κ1) is 48.1. The molecule has 0 unspecified atom stereocenters. The number of hydrogen-bond acceptors (Lipinski definition) is 11. The molecular weight excluding hydrogens is 740 g/mol. The largest absolute Gasteiger partial charge is 0.508 e. The summed E-state index contributed by atoms with van der Waals surface area (Å²) >= 11 is 0. The average Bonchev–Trinajstić information content (AvgIpc) is 3.64. The summed E-state index contributed by atoms with van der Waals surface area (Å²) in [4.78, 5) is 86.9. The van der Waals surface area contributed by atoms with Gasteiger partial charge in [-0.25, -0.2) is 0 Å². The van der Waals surface area contributed by atoms with Crippen molar-refractivity contribution in [2.75, 3.05) is 32.8 Å². The van der Waals surface area contributed by atoms with E-state index in [0.29, 0.717) is 37.9 Å². The molecule has 0 aliphatic carbocycles. The van der Waals surface area contributed by atoms with Gasteiger partial charge in [-0.1, -0.05) is 26.0 Å². The molecule has 1 heterocycles. The molecule has 1 aromatic rings. The minimum absolute atomic E-state index is 0.0108. The first-order chi connectivity index (χ1) is 26.8. The van der Waals surface area contributed by atoms with Crippen LogP contribution in [-0.2, 0) is 39.9 Å². The number of nitrogens with one attached hydrogen (secondary N) is 5. The van der Waals surface area contributed by atoms with E-state index in [1.807, 2.05) is 13.8 Å². The molecule has 0 radical (unpaired) electrons. The van der Waals surface area contributed by atoms with Crippen LogP contribution in [0.2, 0.25) is 0 Å². The normalized spacial score (nSPS) is 16.7. The fourth-order valence-electron chi connectivity index (χ4n) is 6.03. The van der Waals surface area contributed by atoms with E-state index in [1.165, 1.54) is 17.0 Å². The molecule has 6 amide bonds. The Labute approximate surface area is 334 Å². The van der Waals surface area contributed by atoms with E-state index in [-0.39, 0.29) is 55.9 Å². The molecule has 1 saturated heterocycles. The molecule has 19 heteroatoms. The maximum Gasteiger partial charge on any atom is 0.245 e. The van der Waals surface area contributed by atoms with Crippen molar-refractivity contribution >= 4 is 41.4 Å². The Kier molecular flexibility index (Phi) is 19.7. The zero-order valence-electron chi connectivity index (χ0n) is 34.0. The van der Waals surface area contributed by atoms with E-state index in [9.17, 15) is 39.0 Å². The summed E-state index contributed by atoms with van der Waals surface area (Å²) in [5.74, 6) is -4.04. The Hall–Kier alpha value is -5.01. The summed E-state index contributed by atoms with van der Waals surface area (Å²) in [6.07, 6.45) is 1.60.